The van der Waals surface area contributed by atoms with Gasteiger partial charge in [0.15, 0.2) is 6.33 Å². The smallest absolute Gasteiger partial charge is 0.231 e. The Bertz CT molecular complexity index is 419. The number of amidine groups is 1. The zero-order chi connectivity index (χ0) is 13.8. The highest BCUT2D eigenvalue weighted by atomic mass is 16.5. The fourth-order valence-electron chi connectivity index (χ4n) is 1.23. The summed E-state index contributed by atoms with van der Waals surface area (Å²) in [6.45, 7) is 13.2. The molecule has 0 spiro atoms. The largest absolute Gasteiger partial charge is 0.339 e. The van der Waals surface area contributed by atoms with Crippen LogP contribution in [0.2, 0.25) is 0 Å². The molecule has 0 aromatic carbocycles. The van der Waals surface area contributed by atoms with Gasteiger partial charge < -0.3 is 4.52 Å². The maximum Gasteiger partial charge on any atom is 0.231 e. The molecule has 2 heterocycles. The average Bonchev–Trinajstić information content (AvgIpc) is 2.91. The second-order valence-corrected chi connectivity index (χ2v) is 6.22. The average molecular weight is 250 g/mol. The van der Waals surface area contributed by atoms with E-state index < -0.39 is 0 Å². The lowest BCUT2D eigenvalue weighted by Crippen LogP contribution is -2.16. The molecule has 0 amide bonds. The highest BCUT2D eigenvalue weighted by Crippen LogP contribution is 2.18. The molecule has 0 radical (unpaired) electrons. The van der Waals surface area contributed by atoms with Crippen LogP contribution in [-0.4, -0.2) is 28.7 Å². The van der Waals surface area contributed by atoms with Crippen molar-refractivity contribution in [2.75, 3.05) is 6.54 Å². The van der Waals surface area contributed by atoms with Crippen LogP contribution in [0.5, 0.6) is 0 Å². The van der Waals surface area contributed by atoms with Crippen LogP contribution >= 0.6 is 0 Å². The third-order valence-electron chi connectivity index (χ3n) is 2.21. The highest BCUT2D eigenvalue weighted by Gasteiger charge is 2.19. The van der Waals surface area contributed by atoms with Crippen LogP contribution in [0.15, 0.2) is 20.8 Å². The molecular formula is C13H22N4O. The number of hydrogen-bond donors (Lipinski definition) is 0. The van der Waals surface area contributed by atoms with E-state index in [-0.39, 0.29) is 10.8 Å². The second-order valence-electron chi connectivity index (χ2n) is 6.22. The molecule has 100 valence electrons. The minimum Gasteiger partial charge on any atom is -0.339 e. The van der Waals surface area contributed by atoms with Gasteiger partial charge in [-0.15, -0.1) is 0 Å². The fraction of sp³-hybridized carbons (Fsp3) is 0.692. The van der Waals surface area contributed by atoms with Gasteiger partial charge in [0, 0.05) is 17.0 Å². The molecule has 0 bridgehead atoms. The van der Waals surface area contributed by atoms with Crippen LogP contribution in [0.25, 0.3) is 0 Å². The van der Waals surface area contributed by atoms with Gasteiger partial charge in [0.2, 0.25) is 5.89 Å². The normalized spacial score (nSPS) is 15.1. The predicted octanol–water partition coefficient (Wildman–Crippen LogP) is 2.88. The summed E-state index contributed by atoms with van der Waals surface area (Å²) in [5.74, 6) is 1.66. The van der Waals surface area contributed by atoms with Crippen LogP contribution in [0.4, 0.5) is 0 Å². The molecule has 0 N–H and O–H groups in total. The van der Waals surface area contributed by atoms with Gasteiger partial charge in [0.25, 0.3) is 0 Å². The number of hydrogen-bond acceptors (Lipinski definition) is 5. The van der Waals surface area contributed by atoms with Gasteiger partial charge in [-0.2, -0.15) is 4.98 Å². The lowest BCUT2D eigenvalue weighted by molar-refractivity contribution is 0.320. The molecule has 0 atom stereocenters. The number of aromatic nitrogens is 2. The predicted molar refractivity (Wildman–Crippen MR) is 73.2 cm³/mol. The van der Waals surface area contributed by atoms with E-state index in [0.29, 0.717) is 5.89 Å². The standard InChI is InChI=1S/C7H12N2.C6H10N2O/c1-7(2,3)6-8-4-5-9-6;1-6(2,3)5-7-4-8-9-5/h4H,5H2,1-3H3;4H,1-3H3. The Kier molecular flexibility index (Phi) is 4.38. The van der Waals surface area contributed by atoms with Gasteiger partial charge in [0.05, 0.1) is 6.54 Å². The highest BCUT2D eigenvalue weighted by molar-refractivity contribution is 5.97. The van der Waals surface area contributed by atoms with E-state index in [1.807, 2.05) is 27.0 Å². The van der Waals surface area contributed by atoms with Crippen LogP contribution in [0, 0.1) is 5.41 Å². The third kappa shape index (κ3) is 4.39. The first-order chi connectivity index (χ1) is 8.21. The lowest BCUT2D eigenvalue weighted by Gasteiger charge is -2.14. The van der Waals surface area contributed by atoms with Gasteiger partial charge in [-0.05, 0) is 0 Å². The Morgan fingerprint density at radius 1 is 1.06 bits per heavy atom. The van der Waals surface area contributed by atoms with E-state index in [0.717, 1.165) is 12.4 Å². The minimum absolute atomic E-state index is 0.0174. The van der Waals surface area contributed by atoms with Crippen molar-refractivity contribution < 1.29 is 4.52 Å². The Labute approximate surface area is 108 Å². The summed E-state index contributed by atoms with van der Waals surface area (Å²) in [6, 6.07) is 0. The van der Waals surface area contributed by atoms with E-state index in [9.17, 15) is 0 Å². The Balaban J connectivity index is 0.000000180. The van der Waals surface area contributed by atoms with Crippen molar-refractivity contribution in [1.82, 2.24) is 10.1 Å². The van der Waals surface area contributed by atoms with Crippen molar-refractivity contribution >= 4 is 12.1 Å². The number of rotatable bonds is 0. The molecule has 0 fully saturated rings. The van der Waals surface area contributed by atoms with Gasteiger partial charge >= 0.3 is 0 Å². The number of aliphatic imine (C=N–C) groups is 2. The first-order valence-corrected chi connectivity index (χ1v) is 6.06. The SMILES string of the molecule is CC(C)(C)C1=NCC=N1.CC(C)(C)c1ncno1. The molecule has 0 saturated carbocycles. The van der Waals surface area contributed by atoms with Crippen molar-refractivity contribution in [3.63, 3.8) is 0 Å². The van der Waals surface area contributed by atoms with Crippen molar-refractivity contribution in [2.24, 2.45) is 15.4 Å². The summed E-state index contributed by atoms with van der Waals surface area (Å²) in [5.41, 5.74) is 0.115. The lowest BCUT2D eigenvalue weighted by atomic mass is 9.95. The maximum atomic E-state index is 4.84. The summed E-state index contributed by atoms with van der Waals surface area (Å²) in [6.07, 6.45) is 3.27. The monoisotopic (exact) mass is 250 g/mol. The Morgan fingerprint density at radius 2 is 1.72 bits per heavy atom. The molecule has 1 aromatic rings. The van der Waals surface area contributed by atoms with Gasteiger partial charge in [-0.25, -0.2) is 4.99 Å². The molecule has 5 heteroatoms. The van der Waals surface area contributed by atoms with E-state index in [1.54, 1.807) is 0 Å². The fourth-order valence-corrected chi connectivity index (χ4v) is 1.23. The van der Waals surface area contributed by atoms with E-state index in [1.165, 1.54) is 6.33 Å². The molecular weight excluding hydrogens is 228 g/mol. The van der Waals surface area contributed by atoms with Crippen molar-refractivity contribution in [2.45, 2.75) is 47.0 Å². The topological polar surface area (TPSA) is 63.6 Å². The van der Waals surface area contributed by atoms with Gasteiger partial charge in [-0.1, -0.05) is 46.7 Å². The molecule has 0 unspecified atom stereocenters. The number of nitrogens with zero attached hydrogens (tertiary/aromatic N) is 4. The summed E-state index contributed by atoms with van der Waals surface area (Å²) >= 11 is 0. The molecule has 2 rings (SSSR count). The molecule has 0 saturated heterocycles. The molecule has 1 aromatic heterocycles. The molecule has 1 aliphatic heterocycles. The summed E-state index contributed by atoms with van der Waals surface area (Å²) < 4.78 is 4.84. The van der Waals surface area contributed by atoms with E-state index in [4.69, 9.17) is 4.52 Å². The van der Waals surface area contributed by atoms with E-state index >= 15 is 0 Å². The maximum absolute atomic E-state index is 4.84. The van der Waals surface area contributed by atoms with Crippen LogP contribution < -0.4 is 0 Å². The summed E-state index contributed by atoms with van der Waals surface area (Å²) in [7, 11) is 0. The molecule has 18 heavy (non-hydrogen) atoms. The molecule has 5 nitrogen and oxygen atoms in total. The van der Waals surface area contributed by atoms with Crippen molar-refractivity contribution in [3.8, 4) is 0 Å². The van der Waals surface area contributed by atoms with Crippen molar-refractivity contribution in [3.05, 3.63) is 12.2 Å². The second kappa shape index (κ2) is 5.42. The Hall–Kier alpha value is -1.52. The minimum atomic E-state index is -0.0174. The first kappa shape index (κ1) is 14.5. The quantitative estimate of drug-likeness (QED) is 0.711. The third-order valence-corrected chi connectivity index (χ3v) is 2.21. The zero-order valence-corrected chi connectivity index (χ0v) is 12.1. The van der Waals surface area contributed by atoms with Gasteiger partial charge in [-0.3, -0.25) is 4.99 Å². The molecule has 1 aliphatic rings. The first-order valence-electron chi connectivity index (χ1n) is 6.06. The molecule has 0 aliphatic carbocycles. The van der Waals surface area contributed by atoms with Crippen LogP contribution in [0.1, 0.15) is 47.4 Å². The summed E-state index contributed by atoms with van der Waals surface area (Å²) in [5, 5.41) is 3.50. The van der Waals surface area contributed by atoms with Gasteiger partial charge in [0.1, 0.15) is 5.84 Å². The van der Waals surface area contributed by atoms with Crippen LogP contribution in [-0.2, 0) is 5.41 Å². The van der Waals surface area contributed by atoms with E-state index in [2.05, 4.69) is 40.9 Å². The summed E-state index contributed by atoms with van der Waals surface area (Å²) in [4.78, 5) is 12.2. The van der Waals surface area contributed by atoms with Crippen LogP contribution in [0.3, 0.4) is 0 Å². The zero-order valence-electron chi connectivity index (χ0n) is 12.1. The Morgan fingerprint density at radius 3 is 1.94 bits per heavy atom. The van der Waals surface area contributed by atoms with Crippen molar-refractivity contribution in [1.29, 1.82) is 0 Å².